The summed E-state index contributed by atoms with van der Waals surface area (Å²) in [4.78, 5) is 24.9. The molecule has 0 radical (unpaired) electrons. The van der Waals surface area contributed by atoms with Crippen molar-refractivity contribution in [3.05, 3.63) is 65.2 Å². The van der Waals surface area contributed by atoms with Gasteiger partial charge in [0.05, 0.1) is 23.4 Å². The standard InChI is InChI=1S/C17H13F5N2O2/c1-24(16(26)11-7-6-10(18)8-13(11)19)9-15(25)23-14-5-3-2-4-12(14)17(20,21)22/h2-8H,9H2,1H3,(H,23,25). The van der Waals surface area contributed by atoms with Gasteiger partial charge in [-0.15, -0.1) is 0 Å². The Morgan fingerprint density at radius 3 is 2.35 bits per heavy atom. The van der Waals surface area contributed by atoms with Crippen molar-refractivity contribution >= 4 is 17.5 Å². The second kappa shape index (κ2) is 7.51. The Morgan fingerprint density at radius 1 is 1.08 bits per heavy atom. The fourth-order valence-corrected chi connectivity index (χ4v) is 2.18. The first-order valence-corrected chi connectivity index (χ1v) is 7.26. The molecule has 0 bridgehead atoms. The van der Waals surface area contributed by atoms with E-state index in [4.69, 9.17) is 0 Å². The molecule has 2 amide bonds. The van der Waals surface area contributed by atoms with Gasteiger partial charge in [-0.25, -0.2) is 8.78 Å². The van der Waals surface area contributed by atoms with Crippen molar-refractivity contribution in [2.45, 2.75) is 6.18 Å². The first-order valence-electron chi connectivity index (χ1n) is 7.26. The van der Waals surface area contributed by atoms with E-state index in [0.717, 1.165) is 29.2 Å². The largest absolute Gasteiger partial charge is 0.418 e. The minimum Gasteiger partial charge on any atom is -0.332 e. The molecule has 0 aliphatic rings. The van der Waals surface area contributed by atoms with Gasteiger partial charge in [-0.3, -0.25) is 9.59 Å². The van der Waals surface area contributed by atoms with E-state index < -0.39 is 53.0 Å². The summed E-state index contributed by atoms with van der Waals surface area (Å²) >= 11 is 0. The number of carbonyl (C=O) groups excluding carboxylic acids is 2. The topological polar surface area (TPSA) is 49.4 Å². The molecule has 4 nitrogen and oxygen atoms in total. The van der Waals surface area contributed by atoms with Crippen LogP contribution in [0.4, 0.5) is 27.6 Å². The van der Waals surface area contributed by atoms with Crippen molar-refractivity contribution in [2.24, 2.45) is 0 Å². The molecule has 0 heterocycles. The summed E-state index contributed by atoms with van der Waals surface area (Å²) in [6.07, 6.45) is -4.66. The summed E-state index contributed by atoms with van der Waals surface area (Å²) in [6, 6.07) is 6.67. The Bertz CT molecular complexity index is 836. The van der Waals surface area contributed by atoms with Gasteiger partial charge in [-0.1, -0.05) is 12.1 Å². The van der Waals surface area contributed by atoms with Gasteiger partial charge in [0.2, 0.25) is 5.91 Å². The number of hydrogen-bond acceptors (Lipinski definition) is 2. The molecular weight excluding hydrogens is 359 g/mol. The van der Waals surface area contributed by atoms with E-state index in [1.165, 1.54) is 19.2 Å². The van der Waals surface area contributed by atoms with E-state index in [1.807, 2.05) is 0 Å². The van der Waals surface area contributed by atoms with Crippen molar-refractivity contribution in [3.8, 4) is 0 Å². The van der Waals surface area contributed by atoms with Crippen LogP contribution < -0.4 is 5.32 Å². The van der Waals surface area contributed by atoms with Crippen LogP contribution in [0.15, 0.2) is 42.5 Å². The van der Waals surface area contributed by atoms with Crippen molar-refractivity contribution in [3.63, 3.8) is 0 Å². The molecule has 9 heteroatoms. The summed E-state index contributed by atoms with van der Waals surface area (Å²) in [6.45, 7) is -0.623. The van der Waals surface area contributed by atoms with Crippen LogP contribution in [0.25, 0.3) is 0 Å². The van der Waals surface area contributed by atoms with E-state index in [2.05, 4.69) is 5.32 Å². The minimum absolute atomic E-state index is 0.459. The smallest absolute Gasteiger partial charge is 0.332 e. The lowest BCUT2D eigenvalue weighted by molar-refractivity contribution is -0.137. The number of halogens is 5. The second-order valence-corrected chi connectivity index (χ2v) is 5.38. The summed E-state index contributed by atoms with van der Waals surface area (Å²) in [5.41, 5.74) is -1.96. The average molecular weight is 372 g/mol. The van der Waals surface area contributed by atoms with E-state index >= 15 is 0 Å². The molecule has 2 rings (SSSR count). The molecule has 2 aromatic rings. The first kappa shape index (κ1) is 19.4. The first-order chi connectivity index (χ1) is 12.1. The SMILES string of the molecule is CN(CC(=O)Nc1ccccc1C(F)(F)F)C(=O)c1ccc(F)cc1F. The van der Waals surface area contributed by atoms with Gasteiger partial charge in [0.15, 0.2) is 0 Å². The molecule has 2 aromatic carbocycles. The van der Waals surface area contributed by atoms with Crippen LogP contribution in [0, 0.1) is 11.6 Å². The van der Waals surface area contributed by atoms with E-state index in [-0.39, 0.29) is 0 Å². The summed E-state index contributed by atoms with van der Waals surface area (Å²) < 4.78 is 65.2. The maximum atomic E-state index is 13.6. The highest BCUT2D eigenvalue weighted by Crippen LogP contribution is 2.34. The quantitative estimate of drug-likeness (QED) is 0.833. The molecule has 1 N–H and O–H groups in total. The summed E-state index contributed by atoms with van der Waals surface area (Å²) in [7, 11) is 1.17. The van der Waals surface area contributed by atoms with Crippen molar-refractivity contribution in [1.82, 2.24) is 4.90 Å². The van der Waals surface area contributed by atoms with Gasteiger partial charge in [0, 0.05) is 13.1 Å². The number of carbonyl (C=O) groups is 2. The third kappa shape index (κ3) is 4.56. The molecule has 0 spiro atoms. The lowest BCUT2D eigenvalue weighted by Crippen LogP contribution is -2.35. The third-order valence-corrected chi connectivity index (χ3v) is 3.40. The number of para-hydroxylation sites is 1. The highest BCUT2D eigenvalue weighted by atomic mass is 19.4. The van der Waals surface area contributed by atoms with Gasteiger partial charge in [-0.05, 0) is 24.3 Å². The van der Waals surface area contributed by atoms with Gasteiger partial charge < -0.3 is 10.2 Å². The molecule has 0 fully saturated rings. The van der Waals surface area contributed by atoms with Crippen LogP contribution in [0.1, 0.15) is 15.9 Å². The molecule has 0 saturated carbocycles. The van der Waals surface area contributed by atoms with Crippen molar-refractivity contribution in [2.75, 3.05) is 18.9 Å². The predicted octanol–water partition coefficient (Wildman–Crippen LogP) is 3.69. The Labute approximate surface area is 145 Å². The zero-order chi connectivity index (χ0) is 19.5. The van der Waals surface area contributed by atoms with Crippen LogP contribution in [0.2, 0.25) is 0 Å². The Balaban J connectivity index is 2.09. The number of benzene rings is 2. The molecule has 0 aliphatic carbocycles. The maximum Gasteiger partial charge on any atom is 0.418 e. The normalized spacial score (nSPS) is 11.2. The van der Waals surface area contributed by atoms with Gasteiger partial charge in [0.25, 0.3) is 5.91 Å². The zero-order valence-corrected chi connectivity index (χ0v) is 13.4. The molecule has 0 atom stereocenters. The van der Waals surface area contributed by atoms with Crippen LogP contribution in [-0.4, -0.2) is 30.3 Å². The number of anilines is 1. The Hall–Kier alpha value is -2.97. The van der Waals surface area contributed by atoms with Crippen LogP contribution in [0.3, 0.4) is 0 Å². The fourth-order valence-electron chi connectivity index (χ4n) is 2.18. The van der Waals surface area contributed by atoms with Crippen molar-refractivity contribution < 1.29 is 31.5 Å². The number of amides is 2. The average Bonchev–Trinajstić information content (AvgIpc) is 2.53. The molecular formula is C17H13F5N2O2. The molecule has 0 aliphatic heterocycles. The van der Waals surface area contributed by atoms with E-state index in [1.54, 1.807) is 0 Å². The molecule has 0 saturated heterocycles. The number of likely N-dealkylation sites (N-methyl/N-ethyl adjacent to an activating group) is 1. The highest BCUT2D eigenvalue weighted by molar-refractivity contribution is 5.99. The number of hydrogen-bond donors (Lipinski definition) is 1. The van der Waals surface area contributed by atoms with Crippen LogP contribution >= 0.6 is 0 Å². The van der Waals surface area contributed by atoms with E-state index in [0.29, 0.717) is 6.07 Å². The summed E-state index contributed by atoms with van der Waals surface area (Å²) in [5.74, 6) is -3.80. The van der Waals surface area contributed by atoms with Crippen LogP contribution in [0.5, 0.6) is 0 Å². The molecule has 26 heavy (non-hydrogen) atoms. The number of alkyl halides is 3. The fraction of sp³-hybridized carbons (Fsp3) is 0.176. The van der Waals surface area contributed by atoms with E-state index in [9.17, 15) is 31.5 Å². The van der Waals surface area contributed by atoms with Crippen LogP contribution in [-0.2, 0) is 11.0 Å². The van der Waals surface area contributed by atoms with Gasteiger partial charge >= 0.3 is 6.18 Å². The van der Waals surface area contributed by atoms with Gasteiger partial charge in [0.1, 0.15) is 11.6 Å². The number of rotatable bonds is 4. The minimum atomic E-state index is -4.66. The third-order valence-electron chi connectivity index (χ3n) is 3.40. The lowest BCUT2D eigenvalue weighted by Gasteiger charge is -2.18. The lowest BCUT2D eigenvalue weighted by atomic mass is 10.1. The number of nitrogens with one attached hydrogen (secondary N) is 1. The monoisotopic (exact) mass is 372 g/mol. The molecule has 0 aromatic heterocycles. The van der Waals surface area contributed by atoms with Gasteiger partial charge in [-0.2, -0.15) is 13.2 Å². The van der Waals surface area contributed by atoms with Crippen molar-refractivity contribution in [1.29, 1.82) is 0 Å². The Kier molecular flexibility index (Phi) is 5.59. The predicted molar refractivity (Wildman–Crippen MR) is 83.4 cm³/mol. The maximum absolute atomic E-state index is 13.6. The molecule has 0 unspecified atom stereocenters. The second-order valence-electron chi connectivity index (χ2n) is 5.38. The highest BCUT2D eigenvalue weighted by Gasteiger charge is 2.33. The zero-order valence-electron chi connectivity index (χ0n) is 13.4. The Morgan fingerprint density at radius 2 is 1.73 bits per heavy atom. The summed E-state index contributed by atoms with van der Waals surface area (Å²) in [5, 5.41) is 2.07. The number of nitrogens with zero attached hydrogens (tertiary/aromatic N) is 1. The molecule has 138 valence electrons.